The summed E-state index contributed by atoms with van der Waals surface area (Å²) in [5, 5.41) is 0. The first-order valence-electron chi connectivity index (χ1n) is 6.16. The summed E-state index contributed by atoms with van der Waals surface area (Å²) in [6.45, 7) is 3.07. The fraction of sp³-hybridized carbons (Fsp3) is 0.538. The number of halogens is 1. The van der Waals surface area contributed by atoms with Gasteiger partial charge in [0.05, 0.1) is 5.88 Å². The van der Waals surface area contributed by atoms with Crippen LogP contribution in [0.25, 0.3) is 11.2 Å². The molecule has 0 bridgehead atoms. The van der Waals surface area contributed by atoms with Crippen LogP contribution in [0.5, 0.6) is 0 Å². The van der Waals surface area contributed by atoms with Gasteiger partial charge < -0.3 is 4.57 Å². The molecule has 3 nitrogen and oxygen atoms in total. The van der Waals surface area contributed by atoms with E-state index in [9.17, 15) is 0 Å². The summed E-state index contributed by atoms with van der Waals surface area (Å²) in [6.07, 6.45) is 5.85. The van der Waals surface area contributed by atoms with Crippen molar-refractivity contribution in [2.75, 3.05) is 0 Å². The maximum absolute atomic E-state index is 5.98. The summed E-state index contributed by atoms with van der Waals surface area (Å²) in [5.74, 6) is 2.32. The van der Waals surface area contributed by atoms with E-state index in [-0.39, 0.29) is 0 Å². The van der Waals surface area contributed by atoms with E-state index in [1.165, 1.54) is 24.8 Å². The number of imidazole rings is 1. The average molecular weight is 250 g/mol. The Bertz CT molecular complexity index is 543. The number of rotatable bonds is 4. The third-order valence-corrected chi connectivity index (χ3v) is 3.73. The fourth-order valence-corrected chi connectivity index (χ4v) is 2.44. The van der Waals surface area contributed by atoms with Crippen molar-refractivity contribution in [3.63, 3.8) is 0 Å². The third-order valence-electron chi connectivity index (χ3n) is 3.49. The zero-order valence-electron chi connectivity index (χ0n) is 9.99. The van der Waals surface area contributed by atoms with Crippen LogP contribution in [-0.2, 0) is 12.4 Å². The molecule has 2 heterocycles. The van der Waals surface area contributed by atoms with Crippen molar-refractivity contribution < 1.29 is 0 Å². The lowest BCUT2D eigenvalue weighted by Crippen LogP contribution is -2.04. The lowest BCUT2D eigenvalue weighted by Gasteiger charge is -2.06. The first kappa shape index (κ1) is 11.0. The average Bonchev–Trinajstić information content (AvgIpc) is 3.08. The minimum absolute atomic E-state index is 0.459. The Morgan fingerprint density at radius 3 is 3.00 bits per heavy atom. The van der Waals surface area contributed by atoms with Gasteiger partial charge in [-0.2, -0.15) is 0 Å². The fourth-order valence-electron chi connectivity index (χ4n) is 2.24. The number of hydrogen-bond donors (Lipinski definition) is 0. The molecule has 0 N–H and O–H groups in total. The molecule has 2 aromatic rings. The smallest absolute Gasteiger partial charge is 0.160 e. The number of aryl methyl sites for hydroxylation is 2. The largest absolute Gasteiger partial charge is 0.312 e. The molecule has 2 aromatic heterocycles. The number of alkyl halides is 1. The molecule has 90 valence electrons. The Morgan fingerprint density at radius 2 is 2.29 bits per heavy atom. The summed E-state index contributed by atoms with van der Waals surface area (Å²) in [5.41, 5.74) is 3.16. The van der Waals surface area contributed by atoms with Crippen LogP contribution in [0, 0.1) is 12.8 Å². The van der Waals surface area contributed by atoms with Crippen LogP contribution >= 0.6 is 11.6 Å². The highest BCUT2D eigenvalue weighted by Crippen LogP contribution is 2.33. The van der Waals surface area contributed by atoms with Gasteiger partial charge in [0.2, 0.25) is 0 Å². The molecule has 0 spiro atoms. The molecule has 17 heavy (non-hydrogen) atoms. The van der Waals surface area contributed by atoms with Gasteiger partial charge in [0.1, 0.15) is 11.3 Å². The second-order valence-electron chi connectivity index (χ2n) is 4.85. The molecule has 0 amide bonds. The highest BCUT2D eigenvalue weighted by Gasteiger charge is 2.22. The molecule has 4 heteroatoms. The first-order valence-corrected chi connectivity index (χ1v) is 6.69. The van der Waals surface area contributed by atoms with E-state index in [4.69, 9.17) is 11.6 Å². The summed E-state index contributed by atoms with van der Waals surface area (Å²) in [7, 11) is 0. The molecular weight excluding hydrogens is 234 g/mol. The van der Waals surface area contributed by atoms with Gasteiger partial charge in [-0.3, -0.25) is 0 Å². The molecule has 0 atom stereocenters. The standard InChI is InChI=1S/C13H16ClN3/c1-9-4-6-15-13-12(9)16-11(8-14)17(13)7-5-10-2-3-10/h4,6,10H,2-3,5,7-8H2,1H3. The van der Waals surface area contributed by atoms with E-state index < -0.39 is 0 Å². The van der Waals surface area contributed by atoms with E-state index in [2.05, 4.69) is 21.5 Å². The zero-order chi connectivity index (χ0) is 11.8. The van der Waals surface area contributed by atoms with Crippen molar-refractivity contribution in [3.8, 4) is 0 Å². The summed E-state index contributed by atoms with van der Waals surface area (Å²) < 4.78 is 2.19. The number of nitrogens with zero attached hydrogens (tertiary/aromatic N) is 3. The van der Waals surface area contributed by atoms with Crippen molar-refractivity contribution in [2.24, 2.45) is 5.92 Å². The topological polar surface area (TPSA) is 30.7 Å². The Hall–Kier alpha value is -1.09. The normalized spacial score (nSPS) is 15.6. The molecule has 0 saturated heterocycles. The molecule has 1 aliphatic carbocycles. The Balaban J connectivity index is 2.02. The molecule has 1 aliphatic rings. The maximum Gasteiger partial charge on any atom is 0.160 e. The van der Waals surface area contributed by atoms with Crippen LogP contribution in [0.15, 0.2) is 12.3 Å². The van der Waals surface area contributed by atoms with E-state index in [0.717, 1.165) is 29.5 Å². The zero-order valence-corrected chi connectivity index (χ0v) is 10.7. The van der Waals surface area contributed by atoms with Crippen LogP contribution in [0.3, 0.4) is 0 Å². The molecule has 1 fully saturated rings. The predicted molar refractivity (Wildman–Crippen MR) is 69.2 cm³/mol. The van der Waals surface area contributed by atoms with E-state index in [1.807, 2.05) is 12.3 Å². The minimum Gasteiger partial charge on any atom is -0.312 e. The highest BCUT2D eigenvalue weighted by molar-refractivity contribution is 6.16. The van der Waals surface area contributed by atoms with Gasteiger partial charge in [0, 0.05) is 12.7 Å². The quantitative estimate of drug-likeness (QED) is 0.779. The van der Waals surface area contributed by atoms with E-state index >= 15 is 0 Å². The van der Waals surface area contributed by atoms with Gasteiger partial charge >= 0.3 is 0 Å². The predicted octanol–water partition coefficient (Wildman–Crippen LogP) is 3.28. The number of aromatic nitrogens is 3. The maximum atomic E-state index is 5.98. The lowest BCUT2D eigenvalue weighted by atomic mass is 10.2. The van der Waals surface area contributed by atoms with Crippen LogP contribution in [0.1, 0.15) is 30.7 Å². The molecule has 0 radical (unpaired) electrons. The van der Waals surface area contributed by atoms with Crippen LogP contribution in [-0.4, -0.2) is 14.5 Å². The SMILES string of the molecule is Cc1ccnc2c1nc(CCl)n2CCC1CC1. The van der Waals surface area contributed by atoms with Gasteiger partial charge in [0.25, 0.3) is 0 Å². The highest BCUT2D eigenvalue weighted by atomic mass is 35.5. The number of fused-ring (bicyclic) bond motifs is 1. The van der Waals surface area contributed by atoms with Crippen molar-refractivity contribution in [2.45, 2.75) is 38.6 Å². The van der Waals surface area contributed by atoms with E-state index in [1.54, 1.807) is 0 Å². The molecule has 0 aromatic carbocycles. The van der Waals surface area contributed by atoms with Gasteiger partial charge in [-0.25, -0.2) is 9.97 Å². The monoisotopic (exact) mass is 249 g/mol. The van der Waals surface area contributed by atoms with Crippen molar-refractivity contribution >= 4 is 22.8 Å². The number of pyridine rings is 1. The van der Waals surface area contributed by atoms with Gasteiger partial charge in [-0.15, -0.1) is 11.6 Å². The first-order chi connectivity index (χ1) is 8.29. The minimum atomic E-state index is 0.459. The van der Waals surface area contributed by atoms with Gasteiger partial charge in [0.15, 0.2) is 5.65 Å². The second kappa shape index (κ2) is 4.30. The summed E-state index contributed by atoms with van der Waals surface area (Å²) >= 11 is 5.98. The number of hydrogen-bond acceptors (Lipinski definition) is 2. The van der Waals surface area contributed by atoms with Crippen LogP contribution in [0.4, 0.5) is 0 Å². The van der Waals surface area contributed by atoms with Gasteiger partial charge in [-0.1, -0.05) is 12.8 Å². The van der Waals surface area contributed by atoms with E-state index in [0.29, 0.717) is 5.88 Å². The Kier molecular flexibility index (Phi) is 2.79. The Labute approximate surface area is 106 Å². The van der Waals surface area contributed by atoms with Crippen molar-refractivity contribution in [3.05, 3.63) is 23.7 Å². The molecule has 3 rings (SSSR count). The third kappa shape index (κ3) is 2.04. The second-order valence-corrected chi connectivity index (χ2v) is 5.11. The summed E-state index contributed by atoms with van der Waals surface area (Å²) in [4.78, 5) is 9.05. The van der Waals surface area contributed by atoms with Crippen molar-refractivity contribution in [1.29, 1.82) is 0 Å². The Morgan fingerprint density at radius 1 is 1.47 bits per heavy atom. The molecular formula is C13H16ClN3. The molecule has 0 aliphatic heterocycles. The molecule has 0 unspecified atom stereocenters. The van der Waals surface area contributed by atoms with Crippen LogP contribution in [0.2, 0.25) is 0 Å². The van der Waals surface area contributed by atoms with Crippen LogP contribution < -0.4 is 0 Å². The summed E-state index contributed by atoms with van der Waals surface area (Å²) in [6, 6.07) is 2.00. The lowest BCUT2D eigenvalue weighted by molar-refractivity contribution is 0.591. The van der Waals surface area contributed by atoms with Gasteiger partial charge in [-0.05, 0) is 30.9 Å². The molecule has 1 saturated carbocycles. The van der Waals surface area contributed by atoms with Crippen molar-refractivity contribution in [1.82, 2.24) is 14.5 Å².